The number of carbonyl (C=O) groups is 1. The molecule has 0 bridgehead atoms. The van der Waals surface area contributed by atoms with Crippen LogP contribution in [0.5, 0.6) is 0 Å². The molecule has 2 aliphatic heterocycles. The monoisotopic (exact) mass is 438 g/mol. The van der Waals surface area contributed by atoms with Crippen molar-refractivity contribution >= 4 is 17.7 Å². The van der Waals surface area contributed by atoms with Gasteiger partial charge < -0.3 is 50.2 Å². The third kappa shape index (κ3) is 5.56. The number of aliphatic hydroxyl groups is 6. The summed E-state index contributed by atoms with van der Waals surface area (Å²) in [5.74, 6) is -0.474. The van der Waals surface area contributed by atoms with Gasteiger partial charge in [-0.25, -0.2) is 0 Å². The Bertz CT molecular complexity index is 591. The second kappa shape index (κ2) is 10.8. The number of hydrogen-bond acceptors (Lipinski definition) is 12. The molecule has 10 unspecified atom stereocenters. The molecule has 1 amide bonds. The fraction of sp³-hybridized carbons (Fsp3) is 0.875. The first-order chi connectivity index (χ1) is 13.7. The molecule has 2 rings (SSSR count). The predicted octanol–water partition coefficient (Wildman–Crippen LogP) is -3.99. The molecule has 0 saturated carbocycles. The number of aliphatic hydroxyl groups excluding tert-OH is 6. The van der Waals surface area contributed by atoms with E-state index in [9.17, 15) is 35.4 Å². The van der Waals surface area contributed by atoms with Gasteiger partial charge in [-0.3, -0.25) is 4.79 Å². The second-order valence-electron chi connectivity index (χ2n) is 6.71. The van der Waals surface area contributed by atoms with Crippen molar-refractivity contribution in [3.63, 3.8) is 0 Å². The van der Waals surface area contributed by atoms with Crippen LogP contribution in [0, 0.1) is 11.3 Å². The zero-order chi connectivity index (χ0) is 21.7. The summed E-state index contributed by atoms with van der Waals surface area (Å²) in [5.41, 5.74) is -0.861. The summed E-state index contributed by atoms with van der Waals surface area (Å²) in [4.78, 5) is 11.5. The van der Waals surface area contributed by atoms with Gasteiger partial charge >= 0.3 is 0 Å². The highest BCUT2D eigenvalue weighted by Crippen LogP contribution is 2.32. The summed E-state index contributed by atoms with van der Waals surface area (Å²) in [6, 6.07) is 0.896. The summed E-state index contributed by atoms with van der Waals surface area (Å²) in [7, 11) is 0. The van der Waals surface area contributed by atoms with Gasteiger partial charge in [-0.05, 0) is 0 Å². The van der Waals surface area contributed by atoms with Crippen molar-refractivity contribution in [3.8, 4) is 6.07 Å². The Kier molecular flexibility index (Phi) is 9.04. The van der Waals surface area contributed by atoms with E-state index in [1.807, 2.05) is 6.07 Å². The molecule has 7 N–H and O–H groups in total. The Morgan fingerprint density at radius 1 is 1.07 bits per heavy atom. The SMILES string of the molecule is CC(=O)NC1C(SCC#N)OC(CO)C(OC2OC(CO)C(O)C(O)C2O)C1O. The Balaban J connectivity index is 2.21. The fourth-order valence-electron chi connectivity index (χ4n) is 3.22. The van der Waals surface area contributed by atoms with Crippen LogP contribution >= 0.6 is 11.8 Å². The average molecular weight is 438 g/mol. The summed E-state index contributed by atoms with van der Waals surface area (Å²) in [6.45, 7) is -0.0424. The van der Waals surface area contributed by atoms with E-state index >= 15 is 0 Å². The van der Waals surface area contributed by atoms with Gasteiger partial charge in [0.25, 0.3) is 0 Å². The molecular weight excluding hydrogens is 412 g/mol. The molecule has 2 aliphatic rings. The van der Waals surface area contributed by atoms with Gasteiger partial charge in [-0.2, -0.15) is 5.26 Å². The predicted molar refractivity (Wildman–Crippen MR) is 96.1 cm³/mol. The summed E-state index contributed by atoms with van der Waals surface area (Å²) >= 11 is 1.01. The molecule has 0 spiro atoms. The molecule has 0 aromatic heterocycles. The van der Waals surface area contributed by atoms with Crippen LogP contribution < -0.4 is 5.32 Å². The standard InChI is InChI=1S/C16H26N2O10S/c1-6(21)18-9-11(23)14(8(5-20)27-16(9)29-3-2-17)28-15-13(25)12(24)10(22)7(4-19)26-15/h7-16,19-20,22-25H,3-5H2,1H3,(H,18,21). The van der Waals surface area contributed by atoms with E-state index in [-0.39, 0.29) is 5.75 Å². The van der Waals surface area contributed by atoms with E-state index in [1.54, 1.807) is 0 Å². The van der Waals surface area contributed by atoms with Crippen LogP contribution in [0.1, 0.15) is 6.92 Å². The number of rotatable bonds is 7. The van der Waals surface area contributed by atoms with Crippen LogP contribution in [-0.2, 0) is 19.0 Å². The summed E-state index contributed by atoms with van der Waals surface area (Å²) < 4.78 is 16.5. The molecular formula is C16H26N2O10S. The average Bonchev–Trinajstić information content (AvgIpc) is 2.69. The summed E-state index contributed by atoms with van der Waals surface area (Å²) in [6.07, 6.45) is -11.6. The molecule has 2 fully saturated rings. The lowest BCUT2D eigenvalue weighted by Crippen LogP contribution is -2.66. The van der Waals surface area contributed by atoms with E-state index in [4.69, 9.17) is 19.5 Å². The Morgan fingerprint density at radius 3 is 2.28 bits per heavy atom. The number of thioether (sulfide) groups is 1. The first-order valence-corrected chi connectivity index (χ1v) is 9.96. The minimum atomic E-state index is -1.72. The van der Waals surface area contributed by atoms with Crippen LogP contribution in [0.2, 0.25) is 0 Å². The molecule has 2 heterocycles. The first kappa shape index (κ1) is 24.2. The number of nitriles is 1. The van der Waals surface area contributed by atoms with Crippen molar-refractivity contribution in [2.24, 2.45) is 0 Å². The number of carbonyl (C=O) groups excluding carboxylic acids is 1. The number of hydrogen-bond donors (Lipinski definition) is 7. The van der Waals surface area contributed by atoms with Crippen molar-refractivity contribution in [3.05, 3.63) is 0 Å². The maximum Gasteiger partial charge on any atom is 0.217 e. The quantitative estimate of drug-likeness (QED) is 0.203. The number of nitrogens with one attached hydrogen (secondary N) is 1. The molecule has 2 saturated heterocycles. The van der Waals surface area contributed by atoms with Crippen molar-refractivity contribution in [1.29, 1.82) is 5.26 Å². The Morgan fingerprint density at radius 2 is 1.72 bits per heavy atom. The smallest absolute Gasteiger partial charge is 0.217 e. The second-order valence-corrected chi connectivity index (χ2v) is 7.80. The molecule has 0 aromatic rings. The molecule has 0 aromatic carbocycles. The fourth-order valence-corrected chi connectivity index (χ4v) is 4.12. The van der Waals surface area contributed by atoms with E-state index in [0.29, 0.717) is 0 Å². The van der Waals surface area contributed by atoms with Crippen molar-refractivity contribution < 1.29 is 49.6 Å². The van der Waals surface area contributed by atoms with Crippen LogP contribution in [-0.4, -0.2) is 116 Å². The summed E-state index contributed by atoms with van der Waals surface area (Å²) in [5, 5.41) is 70.9. The molecule has 12 nitrogen and oxygen atoms in total. The van der Waals surface area contributed by atoms with Crippen LogP contribution in [0.25, 0.3) is 0 Å². The van der Waals surface area contributed by atoms with Crippen molar-refractivity contribution in [2.45, 2.75) is 67.4 Å². The highest BCUT2D eigenvalue weighted by molar-refractivity contribution is 8.00. The third-order valence-electron chi connectivity index (χ3n) is 4.67. The van der Waals surface area contributed by atoms with Gasteiger partial charge in [0.05, 0.1) is 31.1 Å². The Labute approximate surface area is 171 Å². The number of nitrogens with zero attached hydrogens (tertiary/aromatic N) is 1. The third-order valence-corrected chi connectivity index (χ3v) is 5.70. The minimum absolute atomic E-state index is 0.00382. The van der Waals surface area contributed by atoms with E-state index in [1.165, 1.54) is 6.92 Å². The maximum absolute atomic E-state index is 11.5. The lowest BCUT2D eigenvalue weighted by atomic mass is 9.96. The van der Waals surface area contributed by atoms with E-state index in [2.05, 4.69) is 5.32 Å². The highest BCUT2D eigenvalue weighted by Gasteiger charge is 2.50. The molecule has 0 aliphatic carbocycles. The van der Waals surface area contributed by atoms with Gasteiger partial charge in [-0.15, -0.1) is 11.8 Å². The highest BCUT2D eigenvalue weighted by atomic mass is 32.2. The molecule has 29 heavy (non-hydrogen) atoms. The van der Waals surface area contributed by atoms with Crippen molar-refractivity contribution in [2.75, 3.05) is 19.0 Å². The molecule has 0 radical (unpaired) electrons. The first-order valence-electron chi connectivity index (χ1n) is 8.91. The zero-order valence-electron chi connectivity index (χ0n) is 15.6. The Hall–Kier alpha value is -1.05. The number of amides is 1. The number of ether oxygens (including phenoxy) is 3. The van der Waals surface area contributed by atoms with E-state index < -0.39 is 79.6 Å². The minimum Gasteiger partial charge on any atom is -0.394 e. The zero-order valence-corrected chi connectivity index (χ0v) is 16.4. The van der Waals surface area contributed by atoms with Gasteiger partial charge in [0.15, 0.2) is 6.29 Å². The van der Waals surface area contributed by atoms with E-state index in [0.717, 1.165) is 11.8 Å². The molecule has 166 valence electrons. The van der Waals surface area contributed by atoms with Crippen LogP contribution in [0.3, 0.4) is 0 Å². The van der Waals surface area contributed by atoms with Gasteiger partial charge in [-0.1, -0.05) is 0 Å². The largest absolute Gasteiger partial charge is 0.394 e. The molecule has 13 heteroatoms. The van der Waals surface area contributed by atoms with Crippen LogP contribution in [0.15, 0.2) is 0 Å². The topological polar surface area (TPSA) is 202 Å². The van der Waals surface area contributed by atoms with Crippen LogP contribution in [0.4, 0.5) is 0 Å². The van der Waals surface area contributed by atoms with Gasteiger partial charge in [0.1, 0.15) is 48.2 Å². The lowest BCUT2D eigenvalue weighted by molar-refractivity contribution is -0.333. The maximum atomic E-state index is 11.5. The van der Waals surface area contributed by atoms with Gasteiger partial charge in [0, 0.05) is 6.92 Å². The normalized spacial score (nSPS) is 42.8. The van der Waals surface area contributed by atoms with Crippen molar-refractivity contribution in [1.82, 2.24) is 5.32 Å². The lowest BCUT2D eigenvalue weighted by Gasteiger charge is -2.47. The molecule has 10 atom stereocenters. The van der Waals surface area contributed by atoms with Gasteiger partial charge in [0.2, 0.25) is 5.91 Å².